The second-order valence-corrected chi connectivity index (χ2v) is 8.80. The van der Waals surface area contributed by atoms with E-state index in [9.17, 15) is 0 Å². The van der Waals surface area contributed by atoms with Gasteiger partial charge >= 0.3 is 0 Å². The van der Waals surface area contributed by atoms with Crippen molar-refractivity contribution in [3.8, 4) is 0 Å². The average Bonchev–Trinajstić information content (AvgIpc) is 3.36. The van der Waals surface area contributed by atoms with Crippen molar-refractivity contribution in [3.05, 3.63) is 65.9 Å². The van der Waals surface area contributed by atoms with E-state index in [-0.39, 0.29) is 0 Å². The van der Waals surface area contributed by atoms with E-state index < -0.39 is 0 Å². The Morgan fingerprint density at radius 3 is 2.29 bits per heavy atom. The third-order valence-electron chi connectivity index (χ3n) is 6.75. The molecule has 2 saturated heterocycles. The van der Waals surface area contributed by atoms with Crippen LogP contribution in [-0.4, -0.2) is 74.9 Å². The van der Waals surface area contributed by atoms with Crippen LogP contribution < -0.4 is 10.2 Å². The number of likely N-dealkylation sites (tertiary alicyclic amines) is 1. The number of nitrogens with one attached hydrogen (secondary N) is 1. The van der Waals surface area contributed by atoms with Crippen LogP contribution in [0.2, 0.25) is 0 Å². The zero-order valence-electron chi connectivity index (χ0n) is 18.3. The third kappa shape index (κ3) is 5.00. The molecule has 0 amide bonds. The van der Waals surface area contributed by atoms with Crippen molar-refractivity contribution in [1.82, 2.24) is 9.80 Å². The summed E-state index contributed by atoms with van der Waals surface area (Å²) in [6.07, 6.45) is 6.84. The van der Waals surface area contributed by atoms with Crippen LogP contribution >= 0.6 is 0 Å². The average molecular weight is 416 g/mol. The molecule has 0 saturated carbocycles. The Labute approximate surface area is 186 Å². The molecule has 5 heteroatoms. The Morgan fingerprint density at radius 1 is 0.806 bits per heavy atom. The van der Waals surface area contributed by atoms with Gasteiger partial charge in [0.05, 0.1) is 6.54 Å². The maximum Gasteiger partial charge on any atom is 0.0660 e. The number of benzene rings is 2. The molecule has 2 fully saturated rings. The maximum absolute atomic E-state index is 4.48. The van der Waals surface area contributed by atoms with Gasteiger partial charge in [0.15, 0.2) is 0 Å². The number of fused-ring (bicyclic) bond motifs is 1. The Balaban J connectivity index is 1.13. The van der Waals surface area contributed by atoms with Gasteiger partial charge in [-0.3, -0.25) is 9.89 Å². The highest BCUT2D eigenvalue weighted by Gasteiger charge is 2.19. The summed E-state index contributed by atoms with van der Waals surface area (Å²) in [6, 6.07) is 17.3. The molecule has 0 unspecified atom stereocenters. The van der Waals surface area contributed by atoms with E-state index in [0.717, 1.165) is 25.3 Å². The number of hydrogen-bond donors (Lipinski definition) is 1. The van der Waals surface area contributed by atoms with Gasteiger partial charge < -0.3 is 15.1 Å². The Morgan fingerprint density at radius 2 is 1.52 bits per heavy atom. The third-order valence-corrected chi connectivity index (χ3v) is 6.75. The molecule has 3 aliphatic heterocycles. The van der Waals surface area contributed by atoms with Crippen molar-refractivity contribution in [3.63, 3.8) is 0 Å². The standard InChI is InChI=1S/C26H33N5/c1-2-6-26-22(5-1)19-27-20-23(26)21-28-24-7-9-25(10-8-24)31-17-15-30(16-18-31)14-13-29-11-3-4-12-29/h1-2,5-10,19,21,28H,3-4,11-18,20H2. The molecular formula is C26H33N5. The first-order chi connectivity index (χ1) is 15.3. The normalized spacial score (nSPS) is 20.9. The molecule has 0 bridgehead atoms. The topological polar surface area (TPSA) is 34.1 Å². The molecule has 3 aliphatic rings. The van der Waals surface area contributed by atoms with Gasteiger partial charge in [-0.05, 0) is 66.9 Å². The molecule has 3 heterocycles. The second kappa shape index (κ2) is 9.67. The summed E-state index contributed by atoms with van der Waals surface area (Å²) in [5.41, 5.74) is 6.13. The molecule has 5 nitrogen and oxygen atoms in total. The van der Waals surface area contributed by atoms with E-state index in [1.807, 2.05) is 6.21 Å². The summed E-state index contributed by atoms with van der Waals surface area (Å²) in [6.45, 7) is 10.4. The quantitative estimate of drug-likeness (QED) is 0.778. The van der Waals surface area contributed by atoms with Gasteiger partial charge in [0.2, 0.25) is 0 Å². The summed E-state index contributed by atoms with van der Waals surface area (Å²) in [4.78, 5) is 12.2. The molecule has 2 aromatic carbocycles. The maximum atomic E-state index is 4.48. The zero-order valence-corrected chi connectivity index (χ0v) is 18.3. The fourth-order valence-electron chi connectivity index (χ4n) is 4.81. The van der Waals surface area contributed by atoms with Crippen molar-refractivity contribution in [2.24, 2.45) is 4.99 Å². The molecule has 0 aliphatic carbocycles. The minimum Gasteiger partial charge on any atom is -0.369 e. The minimum atomic E-state index is 0.726. The van der Waals surface area contributed by atoms with Gasteiger partial charge in [0.1, 0.15) is 0 Å². The van der Waals surface area contributed by atoms with E-state index in [0.29, 0.717) is 0 Å². The van der Waals surface area contributed by atoms with Gasteiger partial charge in [-0.25, -0.2) is 0 Å². The number of rotatable bonds is 6. The van der Waals surface area contributed by atoms with Crippen LogP contribution in [-0.2, 0) is 0 Å². The first-order valence-corrected chi connectivity index (χ1v) is 11.7. The van der Waals surface area contributed by atoms with Crippen LogP contribution in [0.3, 0.4) is 0 Å². The highest BCUT2D eigenvalue weighted by atomic mass is 15.3. The smallest absolute Gasteiger partial charge is 0.0660 e. The van der Waals surface area contributed by atoms with Gasteiger partial charge in [-0.2, -0.15) is 0 Å². The molecule has 0 aromatic heterocycles. The predicted octanol–water partition coefficient (Wildman–Crippen LogP) is 3.79. The summed E-state index contributed by atoms with van der Waals surface area (Å²) in [7, 11) is 0. The summed E-state index contributed by atoms with van der Waals surface area (Å²) in [5.74, 6) is 0. The Bertz CT molecular complexity index is 919. The van der Waals surface area contributed by atoms with Crippen LogP contribution in [0.15, 0.2) is 59.7 Å². The van der Waals surface area contributed by atoms with E-state index in [4.69, 9.17) is 0 Å². The molecule has 0 radical (unpaired) electrons. The number of aliphatic imine (C=N–C) groups is 1. The largest absolute Gasteiger partial charge is 0.369 e. The van der Waals surface area contributed by atoms with Gasteiger partial charge in [0.25, 0.3) is 0 Å². The molecular weight excluding hydrogens is 382 g/mol. The summed E-state index contributed by atoms with van der Waals surface area (Å²) < 4.78 is 0. The molecule has 0 atom stereocenters. The number of anilines is 2. The molecule has 1 N–H and O–H groups in total. The number of piperazine rings is 1. The molecule has 2 aromatic rings. The van der Waals surface area contributed by atoms with Crippen molar-refractivity contribution in [2.75, 3.05) is 69.1 Å². The van der Waals surface area contributed by atoms with Crippen molar-refractivity contribution in [2.45, 2.75) is 12.8 Å². The molecule has 162 valence electrons. The number of hydrogen-bond acceptors (Lipinski definition) is 5. The lowest BCUT2D eigenvalue weighted by Crippen LogP contribution is -2.48. The van der Waals surface area contributed by atoms with Crippen molar-refractivity contribution >= 4 is 23.2 Å². The first-order valence-electron chi connectivity index (χ1n) is 11.7. The van der Waals surface area contributed by atoms with E-state index in [1.54, 1.807) is 0 Å². The predicted molar refractivity (Wildman–Crippen MR) is 131 cm³/mol. The summed E-state index contributed by atoms with van der Waals surface area (Å²) in [5, 5.41) is 3.47. The highest BCUT2D eigenvalue weighted by molar-refractivity contribution is 5.92. The van der Waals surface area contributed by atoms with Crippen LogP contribution in [0.5, 0.6) is 0 Å². The van der Waals surface area contributed by atoms with E-state index >= 15 is 0 Å². The highest BCUT2D eigenvalue weighted by Crippen LogP contribution is 2.24. The van der Waals surface area contributed by atoms with Crippen LogP contribution in [0, 0.1) is 0 Å². The zero-order chi connectivity index (χ0) is 20.9. The van der Waals surface area contributed by atoms with E-state index in [1.165, 1.54) is 74.5 Å². The first kappa shape index (κ1) is 20.3. The van der Waals surface area contributed by atoms with Crippen molar-refractivity contribution < 1.29 is 0 Å². The van der Waals surface area contributed by atoms with Crippen LogP contribution in [0.4, 0.5) is 11.4 Å². The van der Waals surface area contributed by atoms with Crippen LogP contribution in [0.25, 0.3) is 5.57 Å². The Hall–Kier alpha value is -2.63. The van der Waals surface area contributed by atoms with Crippen molar-refractivity contribution in [1.29, 1.82) is 0 Å². The lowest BCUT2D eigenvalue weighted by Gasteiger charge is -2.36. The van der Waals surface area contributed by atoms with Crippen LogP contribution in [0.1, 0.15) is 24.0 Å². The molecule has 31 heavy (non-hydrogen) atoms. The lowest BCUT2D eigenvalue weighted by molar-refractivity contribution is 0.215. The van der Waals surface area contributed by atoms with Gasteiger partial charge in [0, 0.05) is 63.1 Å². The van der Waals surface area contributed by atoms with Gasteiger partial charge in [-0.1, -0.05) is 24.3 Å². The molecule has 5 rings (SSSR count). The van der Waals surface area contributed by atoms with Gasteiger partial charge in [-0.15, -0.1) is 0 Å². The number of nitrogens with zero attached hydrogens (tertiary/aromatic N) is 4. The van der Waals surface area contributed by atoms with E-state index in [2.05, 4.69) is 79.7 Å². The molecule has 0 spiro atoms. The fraction of sp³-hybridized carbons (Fsp3) is 0.423. The monoisotopic (exact) mass is 415 g/mol. The fourth-order valence-corrected chi connectivity index (χ4v) is 4.81. The minimum absolute atomic E-state index is 0.726. The lowest BCUT2D eigenvalue weighted by atomic mass is 9.99. The summed E-state index contributed by atoms with van der Waals surface area (Å²) >= 11 is 0. The SMILES string of the molecule is C1=NCC(=CNc2ccc(N3CCN(CCN4CCCC4)CC3)cc2)c2ccccc21. The second-order valence-electron chi connectivity index (χ2n) is 8.80. The Kier molecular flexibility index (Phi) is 6.33.